The number of benzene rings is 2. The van der Waals surface area contributed by atoms with Crippen LogP contribution in [0.1, 0.15) is 73.4 Å². The van der Waals surface area contributed by atoms with Crippen molar-refractivity contribution in [3.8, 4) is 23.3 Å². The van der Waals surface area contributed by atoms with E-state index >= 15 is 0 Å². The summed E-state index contributed by atoms with van der Waals surface area (Å²) < 4.78 is 11.8. The van der Waals surface area contributed by atoms with E-state index in [4.69, 9.17) is 9.15 Å². The molecule has 2 fully saturated rings. The van der Waals surface area contributed by atoms with Gasteiger partial charge in [0.05, 0.1) is 24.2 Å². The van der Waals surface area contributed by atoms with E-state index in [1.165, 1.54) is 0 Å². The van der Waals surface area contributed by atoms with Crippen LogP contribution in [0.15, 0.2) is 40.8 Å². The maximum absolute atomic E-state index is 13.5. The van der Waals surface area contributed by atoms with Crippen molar-refractivity contribution in [3.63, 3.8) is 0 Å². The van der Waals surface area contributed by atoms with E-state index in [9.17, 15) is 20.0 Å². The second-order valence-corrected chi connectivity index (χ2v) is 10.1. The number of amides is 1. The van der Waals surface area contributed by atoms with Crippen molar-refractivity contribution in [2.24, 2.45) is 5.92 Å². The molecule has 0 saturated heterocycles. The zero-order chi connectivity index (χ0) is 25.7. The van der Waals surface area contributed by atoms with Gasteiger partial charge in [0.2, 0.25) is 17.7 Å². The van der Waals surface area contributed by atoms with E-state index in [1.54, 1.807) is 25.1 Å². The van der Waals surface area contributed by atoms with Gasteiger partial charge in [-0.1, -0.05) is 13.0 Å². The van der Waals surface area contributed by atoms with Crippen molar-refractivity contribution < 1.29 is 23.8 Å². The molecule has 1 aliphatic heterocycles. The molecule has 188 valence electrons. The van der Waals surface area contributed by atoms with Crippen LogP contribution >= 0.6 is 0 Å². The molecule has 3 aliphatic rings. The quantitative estimate of drug-likeness (QED) is 0.476. The number of carboxylic acids is 1. The first-order chi connectivity index (χ1) is 17.9. The molecule has 9 nitrogen and oxygen atoms in total. The molecule has 1 unspecified atom stereocenters. The lowest BCUT2D eigenvalue weighted by Crippen LogP contribution is -2.27. The van der Waals surface area contributed by atoms with E-state index in [0.29, 0.717) is 60.4 Å². The fraction of sp³-hybridized carbons (Fsp3) is 0.393. The molecule has 1 spiro atoms. The topological polar surface area (TPSA) is 138 Å². The van der Waals surface area contributed by atoms with Gasteiger partial charge in [-0.2, -0.15) is 5.26 Å². The molecule has 37 heavy (non-hydrogen) atoms. The van der Waals surface area contributed by atoms with Crippen LogP contribution in [0.2, 0.25) is 0 Å². The van der Waals surface area contributed by atoms with Gasteiger partial charge in [0.1, 0.15) is 5.75 Å². The number of hydrogen-bond donors (Lipinski definition) is 2. The molecule has 1 amide bonds. The van der Waals surface area contributed by atoms with Crippen LogP contribution < -0.4 is 10.1 Å². The number of nitrogens with zero attached hydrogens (tertiary/aromatic N) is 3. The smallest absolute Gasteiger partial charge is 0.311 e. The van der Waals surface area contributed by atoms with Gasteiger partial charge >= 0.3 is 5.97 Å². The number of carboxylic acid groups (broad SMARTS) is 1. The minimum Gasteiger partial charge on any atom is -0.493 e. The third-order valence-corrected chi connectivity index (χ3v) is 7.85. The SMILES string of the molecule is CCC(C(=O)O)c1ccc(C#N)cc1NC(=O)[C@@H]1C[C@]12CCOc1ccc(-c3nnc(C4CC4)o3)cc12. The summed E-state index contributed by atoms with van der Waals surface area (Å²) in [6, 6.07) is 12.6. The Kier molecular flexibility index (Phi) is 5.48. The van der Waals surface area contributed by atoms with Gasteiger partial charge in [-0.05, 0) is 68.0 Å². The first kappa shape index (κ1) is 23.2. The van der Waals surface area contributed by atoms with E-state index in [1.807, 2.05) is 18.2 Å². The van der Waals surface area contributed by atoms with Gasteiger partial charge in [-0.3, -0.25) is 9.59 Å². The molecule has 2 aliphatic carbocycles. The standard InChI is InChI=1S/C28H26N4O5/c1-2-18(27(34)35)19-7-3-15(14-29)11-22(19)30-24(33)21-13-28(21)9-10-36-23-8-6-17(12-20(23)28)26-32-31-25(37-26)16-4-5-16/h3,6-8,11-12,16,18,21H,2,4-5,9-10,13H2,1H3,(H,30,33)(H,34,35)/t18?,21-,28-/m0/s1. The monoisotopic (exact) mass is 498 g/mol. The Hall–Kier alpha value is -4.19. The van der Waals surface area contributed by atoms with Crippen molar-refractivity contribution in [1.29, 1.82) is 5.26 Å². The van der Waals surface area contributed by atoms with Crippen LogP contribution in [0.4, 0.5) is 5.69 Å². The zero-order valence-electron chi connectivity index (χ0n) is 20.4. The molecule has 0 radical (unpaired) electrons. The fourth-order valence-electron chi connectivity index (χ4n) is 5.51. The minimum atomic E-state index is -0.970. The number of aliphatic carboxylic acids is 1. The van der Waals surface area contributed by atoms with Gasteiger partial charge in [0.25, 0.3) is 0 Å². The number of carbonyl (C=O) groups excluding carboxylic acids is 1. The van der Waals surface area contributed by atoms with Crippen LogP contribution in [0, 0.1) is 17.2 Å². The Morgan fingerprint density at radius 2 is 2.08 bits per heavy atom. The third kappa shape index (κ3) is 4.02. The number of aromatic nitrogens is 2. The molecular formula is C28H26N4O5. The van der Waals surface area contributed by atoms with Gasteiger partial charge in [-0.25, -0.2) is 0 Å². The normalized spacial score (nSPS) is 22.4. The van der Waals surface area contributed by atoms with Crippen molar-refractivity contribution in [2.75, 3.05) is 11.9 Å². The first-order valence-electron chi connectivity index (χ1n) is 12.6. The van der Waals surface area contributed by atoms with Crippen molar-refractivity contribution in [3.05, 3.63) is 59.0 Å². The highest BCUT2D eigenvalue weighted by Gasteiger charge is 2.61. The molecule has 2 saturated carbocycles. The van der Waals surface area contributed by atoms with Crippen LogP contribution in [0.3, 0.4) is 0 Å². The molecule has 3 atom stereocenters. The van der Waals surface area contributed by atoms with Crippen LogP contribution in [-0.4, -0.2) is 33.8 Å². The fourth-order valence-corrected chi connectivity index (χ4v) is 5.51. The highest BCUT2D eigenvalue weighted by Crippen LogP contribution is 2.61. The molecule has 6 rings (SSSR count). The Morgan fingerprint density at radius 1 is 1.24 bits per heavy atom. The Bertz CT molecular complexity index is 1450. The van der Waals surface area contributed by atoms with Crippen LogP contribution in [0.5, 0.6) is 5.75 Å². The van der Waals surface area contributed by atoms with Crippen LogP contribution in [0.25, 0.3) is 11.5 Å². The number of nitrogens with one attached hydrogen (secondary N) is 1. The summed E-state index contributed by atoms with van der Waals surface area (Å²) in [7, 11) is 0. The second kappa shape index (κ2) is 8.73. The summed E-state index contributed by atoms with van der Waals surface area (Å²) >= 11 is 0. The van der Waals surface area contributed by atoms with Gasteiger partial charge in [0, 0.05) is 34.1 Å². The summed E-state index contributed by atoms with van der Waals surface area (Å²) in [5, 5.41) is 30.4. The zero-order valence-corrected chi connectivity index (χ0v) is 20.4. The lowest BCUT2D eigenvalue weighted by atomic mass is 9.86. The third-order valence-electron chi connectivity index (χ3n) is 7.85. The van der Waals surface area contributed by atoms with E-state index in [0.717, 1.165) is 29.7 Å². The number of rotatable bonds is 7. The first-order valence-corrected chi connectivity index (χ1v) is 12.6. The van der Waals surface area contributed by atoms with Gasteiger partial charge in [-0.15, -0.1) is 10.2 Å². The van der Waals surface area contributed by atoms with Crippen molar-refractivity contribution in [2.45, 2.75) is 56.3 Å². The molecule has 3 aromatic rings. The summed E-state index contributed by atoms with van der Waals surface area (Å²) in [6.07, 6.45) is 3.85. The predicted molar refractivity (Wildman–Crippen MR) is 132 cm³/mol. The highest BCUT2D eigenvalue weighted by molar-refractivity contribution is 5.98. The maximum atomic E-state index is 13.5. The lowest BCUT2D eigenvalue weighted by Gasteiger charge is -2.27. The summed E-state index contributed by atoms with van der Waals surface area (Å²) in [5.74, 6) is -0.00447. The van der Waals surface area contributed by atoms with Gasteiger partial charge < -0.3 is 19.6 Å². The lowest BCUT2D eigenvalue weighted by molar-refractivity contribution is -0.138. The van der Waals surface area contributed by atoms with E-state index in [2.05, 4.69) is 21.6 Å². The number of fused-ring (bicyclic) bond motifs is 2. The molecule has 2 N–H and O–H groups in total. The predicted octanol–water partition coefficient (Wildman–Crippen LogP) is 4.74. The van der Waals surface area contributed by atoms with E-state index < -0.39 is 11.9 Å². The summed E-state index contributed by atoms with van der Waals surface area (Å²) in [5.41, 5.74) is 2.60. The number of anilines is 1. The second-order valence-electron chi connectivity index (χ2n) is 10.1. The average molecular weight is 499 g/mol. The number of hydrogen-bond acceptors (Lipinski definition) is 7. The highest BCUT2D eigenvalue weighted by atomic mass is 16.5. The molecule has 0 bridgehead atoms. The number of ether oxygens (including phenoxy) is 1. The van der Waals surface area contributed by atoms with Crippen LogP contribution in [-0.2, 0) is 15.0 Å². The molecular weight excluding hydrogens is 472 g/mol. The summed E-state index contributed by atoms with van der Waals surface area (Å²) in [4.78, 5) is 25.3. The van der Waals surface area contributed by atoms with E-state index in [-0.39, 0.29) is 17.2 Å². The van der Waals surface area contributed by atoms with Gasteiger partial charge in [0.15, 0.2) is 0 Å². The Labute approximate surface area is 213 Å². The molecule has 1 aromatic heterocycles. The number of carbonyl (C=O) groups is 2. The Balaban J connectivity index is 1.28. The molecule has 2 aromatic carbocycles. The average Bonchev–Trinajstić information content (AvgIpc) is 3.82. The Morgan fingerprint density at radius 3 is 2.81 bits per heavy atom. The minimum absolute atomic E-state index is 0.191. The van der Waals surface area contributed by atoms with Crippen molar-refractivity contribution in [1.82, 2.24) is 10.2 Å². The van der Waals surface area contributed by atoms with Crippen molar-refractivity contribution >= 4 is 17.6 Å². The maximum Gasteiger partial charge on any atom is 0.311 e. The largest absolute Gasteiger partial charge is 0.493 e. The number of nitriles is 1. The molecule has 9 heteroatoms. The molecule has 2 heterocycles. The summed E-state index contributed by atoms with van der Waals surface area (Å²) in [6.45, 7) is 2.29.